The van der Waals surface area contributed by atoms with Crippen LogP contribution in [0.1, 0.15) is 11.1 Å². The molecule has 8 nitrogen and oxygen atoms in total. The van der Waals surface area contributed by atoms with E-state index in [0.29, 0.717) is 17.0 Å². The van der Waals surface area contributed by atoms with Gasteiger partial charge in [-0.25, -0.2) is 0 Å². The first-order chi connectivity index (χ1) is 12.4. The van der Waals surface area contributed by atoms with Crippen molar-refractivity contribution < 1.29 is 27.3 Å². The van der Waals surface area contributed by atoms with Crippen LogP contribution in [0.3, 0.4) is 0 Å². The monoisotopic (exact) mass is 378 g/mol. The molecule has 1 aliphatic heterocycles. The zero-order chi connectivity index (χ0) is 18.7. The number of oxime groups is 1. The molecule has 2 aromatic rings. The predicted molar refractivity (Wildman–Crippen MR) is 94.5 cm³/mol. The van der Waals surface area contributed by atoms with Gasteiger partial charge in [0.05, 0.1) is 16.7 Å². The lowest BCUT2D eigenvalue weighted by atomic mass is 10.1. The van der Waals surface area contributed by atoms with Gasteiger partial charge in [-0.1, -0.05) is 22.9 Å². The van der Waals surface area contributed by atoms with E-state index in [1.54, 1.807) is 24.3 Å². The smallest absolute Gasteiger partial charge is 0.297 e. The number of nitrogens with two attached hydrogens (primary N) is 1. The summed E-state index contributed by atoms with van der Waals surface area (Å²) in [7, 11) is -3.91. The van der Waals surface area contributed by atoms with Crippen LogP contribution in [0.5, 0.6) is 11.5 Å². The van der Waals surface area contributed by atoms with Gasteiger partial charge < -0.3 is 20.4 Å². The minimum absolute atomic E-state index is 0.0672. The average Bonchev–Trinajstić information content (AvgIpc) is 2.63. The predicted octanol–water partition coefficient (Wildman–Crippen LogP) is 1.93. The van der Waals surface area contributed by atoms with Crippen LogP contribution in [-0.4, -0.2) is 39.2 Å². The van der Waals surface area contributed by atoms with Crippen LogP contribution in [0.25, 0.3) is 0 Å². The number of aryl methyl sites for hydroxylation is 1. The lowest BCUT2D eigenvalue weighted by Gasteiger charge is -2.27. The highest BCUT2D eigenvalue weighted by molar-refractivity contribution is 7.86. The number of nitrogens with zero attached hydrogens (tertiary/aromatic N) is 1. The molecule has 3 rings (SSSR count). The van der Waals surface area contributed by atoms with Gasteiger partial charge in [-0.2, -0.15) is 8.42 Å². The molecule has 0 saturated carbocycles. The molecule has 138 valence electrons. The van der Waals surface area contributed by atoms with Gasteiger partial charge >= 0.3 is 0 Å². The third-order valence-corrected chi connectivity index (χ3v) is 5.10. The van der Waals surface area contributed by atoms with E-state index in [-0.39, 0.29) is 23.9 Å². The molecule has 0 fully saturated rings. The Morgan fingerprint density at radius 1 is 1.31 bits per heavy atom. The zero-order valence-electron chi connectivity index (χ0n) is 14.0. The topological polar surface area (TPSA) is 120 Å². The van der Waals surface area contributed by atoms with Crippen LogP contribution in [0.2, 0.25) is 0 Å². The molecule has 0 aliphatic carbocycles. The third-order valence-electron chi connectivity index (χ3n) is 3.81. The Morgan fingerprint density at radius 3 is 2.73 bits per heavy atom. The SMILES string of the molecule is Cc1ccc(S(=O)(=O)OC[C@H]2COc3ccc(N)c(C=NO)c3O2)cc1. The van der Waals surface area contributed by atoms with Crippen molar-refractivity contribution >= 4 is 22.0 Å². The number of anilines is 1. The summed E-state index contributed by atoms with van der Waals surface area (Å²) in [4.78, 5) is 0.0672. The van der Waals surface area contributed by atoms with Gasteiger partial charge in [0, 0.05) is 5.69 Å². The number of ether oxygens (including phenoxy) is 2. The van der Waals surface area contributed by atoms with Crippen LogP contribution in [0.15, 0.2) is 46.4 Å². The van der Waals surface area contributed by atoms with Crippen molar-refractivity contribution in [2.75, 3.05) is 18.9 Å². The Labute approximate surface area is 150 Å². The maximum atomic E-state index is 12.3. The highest BCUT2D eigenvalue weighted by Gasteiger charge is 2.27. The Kier molecular flexibility index (Phi) is 5.01. The molecule has 1 aliphatic rings. The molecule has 9 heteroatoms. The van der Waals surface area contributed by atoms with Gasteiger partial charge in [-0.3, -0.25) is 4.18 Å². The number of fused-ring (bicyclic) bond motifs is 1. The van der Waals surface area contributed by atoms with Gasteiger partial charge in [-0.15, -0.1) is 0 Å². The molecule has 0 saturated heterocycles. The maximum absolute atomic E-state index is 12.3. The summed E-state index contributed by atoms with van der Waals surface area (Å²) in [5.74, 6) is 0.696. The Morgan fingerprint density at radius 2 is 2.04 bits per heavy atom. The van der Waals surface area contributed by atoms with E-state index in [1.807, 2.05) is 6.92 Å². The zero-order valence-corrected chi connectivity index (χ0v) is 14.8. The molecule has 1 heterocycles. The van der Waals surface area contributed by atoms with Crippen molar-refractivity contribution in [2.45, 2.75) is 17.9 Å². The average molecular weight is 378 g/mol. The fourth-order valence-corrected chi connectivity index (χ4v) is 3.36. The van der Waals surface area contributed by atoms with E-state index in [4.69, 9.17) is 24.6 Å². The molecule has 0 radical (unpaired) electrons. The summed E-state index contributed by atoms with van der Waals surface area (Å²) in [6.45, 7) is 1.73. The highest BCUT2D eigenvalue weighted by atomic mass is 32.2. The summed E-state index contributed by atoms with van der Waals surface area (Å²) in [6, 6.07) is 9.56. The van der Waals surface area contributed by atoms with Gasteiger partial charge in [0.25, 0.3) is 10.1 Å². The number of benzene rings is 2. The molecule has 0 amide bonds. The molecule has 0 unspecified atom stereocenters. The minimum atomic E-state index is -3.91. The van der Waals surface area contributed by atoms with Crippen LogP contribution in [-0.2, 0) is 14.3 Å². The molecule has 0 bridgehead atoms. The van der Waals surface area contributed by atoms with E-state index in [0.717, 1.165) is 11.8 Å². The molecule has 3 N–H and O–H groups in total. The summed E-state index contributed by atoms with van der Waals surface area (Å²) >= 11 is 0. The van der Waals surface area contributed by atoms with Crippen molar-refractivity contribution in [3.63, 3.8) is 0 Å². The second-order valence-corrected chi connectivity index (χ2v) is 7.36. The van der Waals surface area contributed by atoms with Crippen molar-refractivity contribution in [3.8, 4) is 11.5 Å². The van der Waals surface area contributed by atoms with E-state index >= 15 is 0 Å². The number of nitrogen functional groups attached to an aromatic ring is 1. The van der Waals surface area contributed by atoms with E-state index < -0.39 is 16.2 Å². The van der Waals surface area contributed by atoms with E-state index in [9.17, 15) is 8.42 Å². The van der Waals surface area contributed by atoms with Crippen molar-refractivity contribution in [2.24, 2.45) is 5.16 Å². The summed E-state index contributed by atoms with van der Waals surface area (Å²) in [6.07, 6.45) is 0.458. The highest BCUT2D eigenvalue weighted by Crippen LogP contribution is 2.37. The second-order valence-electron chi connectivity index (χ2n) is 5.74. The second kappa shape index (κ2) is 7.22. The molecular weight excluding hydrogens is 360 g/mol. The van der Waals surface area contributed by atoms with Crippen LogP contribution < -0.4 is 15.2 Å². The molecule has 1 atom stereocenters. The third kappa shape index (κ3) is 3.73. The first kappa shape index (κ1) is 18.0. The maximum Gasteiger partial charge on any atom is 0.297 e. The van der Waals surface area contributed by atoms with Gasteiger partial charge in [-0.05, 0) is 31.2 Å². The standard InChI is InChI=1S/C17H18N2O6S/c1-11-2-4-13(5-3-11)26(21,22)24-10-12-9-23-16-7-6-15(18)14(8-19-20)17(16)25-12/h2-8,12,20H,9-10,18H2,1H3/t12-/m1/s1. The summed E-state index contributed by atoms with van der Waals surface area (Å²) in [5.41, 5.74) is 7.46. The summed E-state index contributed by atoms with van der Waals surface area (Å²) in [5, 5.41) is 11.7. The molecule has 26 heavy (non-hydrogen) atoms. The Hall–Kier alpha value is -2.78. The van der Waals surface area contributed by atoms with E-state index in [1.165, 1.54) is 12.1 Å². The molecular formula is C17H18N2O6S. The quantitative estimate of drug-likeness (QED) is 0.268. The molecule has 0 aromatic heterocycles. The fourth-order valence-electron chi connectivity index (χ4n) is 2.42. The van der Waals surface area contributed by atoms with E-state index in [2.05, 4.69) is 5.16 Å². The largest absolute Gasteiger partial charge is 0.486 e. The number of hydrogen-bond donors (Lipinski definition) is 2. The first-order valence-electron chi connectivity index (χ1n) is 7.76. The Bertz CT molecular complexity index is 925. The molecule has 0 spiro atoms. The Balaban J connectivity index is 1.73. The lowest BCUT2D eigenvalue weighted by molar-refractivity contribution is 0.0554. The molecule has 2 aromatic carbocycles. The van der Waals surface area contributed by atoms with Crippen molar-refractivity contribution in [1.82, 2.24) is 0 Å². The minimum Gasteiger partial charge on any atom is -0.486 e. The van der Waals surface area contributed by atoms with Gasteiger partial charge in [0.15, 0.2) is 17.6 Å². The van der Waals surface area contributed by atoms with Crippen LogP contribution in [0, 0.1) is 6.92 Å². The van der Waals surface area contributed by atoms with Crippen molar-refractivity contribution in [3.05, 3.63) is 47.5 Å². The lowest BCUT2D eigenvalue weighted by Crippen LogP contribution is -2.34. The number of rotatable bonds is 5. The normalized spacial score (nSPS) is 16.7. The fraction of sp³-hybridized carbons (Fsp3) is 0.235. The van der Waals surface area contributed by atoms with Crippen molar-refractivity contribution in [1.29, 1.82) is 0 Å². The first-order valence-corrected chi connectivity index (χ1v) is 9.17. The van der Waals surface area contributed by atoms with Gasteiger partial charge in [0.2, 0.25) is 0 Å². The van der Waals surface area contributed by atoms with Crippen LogP contribution >= 0.6 is 0 Å². The summed E-state index contributed by atoms with van der Waals surface area (Å²) < 4.78 is 40.9. The number of hydrogen-bond acceptors (Lipinski definition) is 8. The van der Waals surface area contributed by atoms with Crippen LogP contribution in [0.4, 0.5) is 5.69 Å². The van der Waals surface area contributed by atoms with Gasteiger partial charge in [0.1, 0.15) is 13.2 Å².